The van der Waals surface area contributed by atoms with Gasteiger partial charge in [0.1, 0.15) is 6.33 Å². The van der Waals surface area contributed by atoms with Crippen molar-refractivity contribution in [2.24, 2.45) is 0 Å². The Bertz CT molecular complexity index is 865. The Kier molecular flexibility index (Phi) is 2.08. The van der Waals surface area contributed by atoms with Crippen molar-refractivity contribution in [2.75, 3.05) is 0 Å². The number of aromatic nitrogens is 4. The second-order valence-corrected chi connectivity index (χ2v) is 4.32. The van der Waals surface area contributed by atoms with E-state index in [4.69, 9.17) is 0 Å². The molecule has 0 saturated heterocycles. The van der Waals surface area contributed by atoms with Crippen LogP contribution in [0.1, 0.15) is 0 Å². The first-order chi connectivity index (χ1) is 9.42. The van der Waals surface area contributed by atoms with Gasteiger partial charge in [0.05, 0.1) is 11.0 Å². The lowest BCUT2D eigenvalue weighted by Gasteiger charge is -1.99. The second kappa shape index (κ2) is 3.88. The largest absolute Gasteiger partial charge is 0.267 e. The van der Waals surface area contributed by atoms with Crippen LogP contribution in [0.4, 0.5) is 0 Å². The molecule has 2 heterocycles. The number of para-hydroxylation sites is 2. The van der Waals surface area contributed by atoms with Crippen molar-refractivity contribution in [3.8, 4) is 11.4 Å². The Morgan fingerprint density at radius 2 is 1.58 bits per heavy atom. The summed E-state index contributed by atoms with van der Waals surface area (Å²) >= 11 is 0. The van der Waals surface area contributed by atoms with Gasteiger partial charge in [0.2, 0.25) is 5.78 Å². The Hall–Kier alpha value is -2.75. The summed E-state index contributed by atoms with van der Waals surface area (Å²) in [5.74, 6) is 1.37. The van der Waals surface area contributed by atoms with Crippen molar-refractivity contribution in [1.82, 2.24) is 19.4 Å². The van der Waals surface area contributed by atoms with E-state index in [9.17, 15) is 0 Å². The molecule has 0 saturated carbocycles. The molecule has 19 heavy (non-hydrogen) atoms. The van der Waals surface area contributed by atoms with Gasteiger partial charge in [0.15, 0.2) is 5.82 Å². The summed E-state index contributed by atoms with van der Waals surface area (Å²) in [6.07, 6.45) is 1.78. The van der Waals surface area contributed by atoms with Gasteiger partial charge in [0.25, 0.3) is 0 Å². The average molecular weight is 246 g/mol. The molecule has 2 aromatic carbocycles. The molecule has 0 amide bonds. The topological polar surface area (TPSA) is 43.1 Å². The predicted molar refractivity (Wildman–Crippen MR) is 73.7 cm³/mol. The first-order valence-electron chi connectivity index (χ1n) is 6.07. The summed E-state index contributed by atoms with van der Waals surface area (Å²) in [5, 5.41) is 0. The van der Waals surface area contributed by atoms with E-state index in [1.807, 2.05) is 59.0 Å². The van der Waals surface area contributed by atoms with Crippen LogP contribution in [0, 0.1) is 0 Å². The second-order valence-electron chi connectivity index (χ2n) is 4.32. The Labute approximate surface area is 109 Å². The van der Waals surface area contributed by atoms with Crippen LogP contribution in [0.3, 0.4) is 0 Å². The smallest absolute Gasteiger partial charge is 0.238 e. The van der Waals surface area contributed by atoms with Gasteiger partial charge < -0.3 is 0 Å². The third kappa shape index (κ3) is 1.57. The summed E-state index contributed by atoms with van der Waals surface area (Å²) < 4.78 is 1.90. The van der Waals surface area contributed by atoms with Gasteiger partial charge >= 0.3 is 0 Å². The molecule has 0 aliphatic rings. The summed E-state index contributed by atoms with van der Waals surface area (Å²) in [5.41, 5.74) is 2.95. The van der Waals surface area contributed by atoms with E-state index in [0.717, 1.165) is 16.6 Å². The molecular weight excluding hydrogens is 236 g/mol. The third-order valence-electron chi connectivity index (χ3n) is 3.11. The zero-order chi connectivity index (χ0) is 12.7. The summed E-state index contributed by atoms with van der Waals surface area (Å²) in [6.45, 7) is 0. The monoisotopic (exact) mass is 246 g/mol. The number of benzene rings is 2. The van der Waals surface area contributed by atoms with Gasteiger partial charge in [-0.15, -0.1) is 0 Å². The van der Waals surface area contributed by atoms with Crippen molar-refractivity contribution in [3.05, 3.63) is 60.9 Å². The van der Waals surface area contributed by atoms with Crippen LogP contribution in [0.5, 0.6) is 0 Å². The Morgan fingerprint density at radius 3 is 2.47 bits per heavy atom. The van der Waals surface area contributed by atoms with Gasteiger partial charge in [-0.1, -0.05) is 42.5 Å². The minimum atomic E-state index is 0.676. The van der Waals surface area contributed by atoms with Crippen molar-refractivity contribution in [1.29, 1.82) is 0 Å². The van der Waals surface area contributed by atoms with Crippen LogP contribution in [0.2, 0.25) is 0 Å². The molecule has 4 rings (SSSR count). The van der Waals surface area contributed by atoms with Crippen molar-refractivity contribution < 1.29 is 0 Å². The summed E-state index contributed by atoms with van der Waals surface area (Å²) in [7, 11) is 0. The number of hydrogen-bond donors (Lipinski definition) is 0. The fourth-order valence-corrected chi connectivity index (χ4v) is 2.19. The van der Waals surface area contributed by atoms with Crippen molar-refractivity contribution in [3.63, 3.8) is 0 Å². The first-order valence-corrected chi connectivity index (χ1v) is 6.07. The van der Waals surface area contributed by atoms with Crippen LogP contribution < -0.4 is 0 Å². The molecule has 2 aromatic heterocycles. The molecule has 4 heteroatoms. The highest BCUT2D eigenvalue weighted by atomic mass is 15.1. The molecule has 0 aliphatic carbocycles. The summed E-state index contributed by atoms with van der Waals surface area (Å²) in [6, 6.07) is 17.9. The maximum absolute atomic E-state index is 4.52. The zero-order valence-corrected chi connectivity index (χ0v) is 10.1. The highest BCUT2D eigenvalue weighted by molar-refractivity contribution is 5.79. The molecule has 0 bridgehead atoms. The first kappa shape index (κ1) is 10.2. The average Bonchev–Trinajstić information content (AvgIpc) is 2.86. The van der Waals surface area contributed by atoms with Crippen LogP contribution in [0.25, 0.3) is 28.2 Å². The van der Waals surface area contributed by atoms with E-state index in [0.29, 0.717) is 11.6 Å². The van der Waals surface area contributed by atoms with Crippen molar-refractivity contribution >= 4 is 16.8 Å². The van der Waals surface area contributed by atoms with Crippen LogP contribution in [-0.2, 0) is 0 Å². The molecule has 0 aliphatic heterocycles. The van der Waals surface area contributed by atoms with Crippen LogP contribution in [-0.4, -0.2) is 19.4 Å². The maximum atomic E-state index is 4.52. The third-order valence-corrected chi connectivity index (χ3v) is 3.11. The molecule has 90 valence electrons. The molecule has 0 unspecified atom stereocenters. The molecule has 0 N–H and O–H groups in total. The quantitative estimate of drug-likeness (QED) is 0.518. The minimum absolute atomic E-state index is 0.676. The lowest BCUT2D eigenvalue weighted by Crippen LogP contribution is -1.95. The minimum Gasteiger partial charge on any atom is -0.267 e. The fourth-order valence-electron chi connectivity index (χ4n) is 2.19. The van der Waals surface area contributed by atoms with E-state index in [2.05, 4.69) is 15.0 Å². The van der Waals surface area contributed by atoms with Crippen molar-refractivity contribution in [2.45, 2.75) is 0 Å². The lowest BCUT2D eigenvalue weighted by atomic mass is 10.2. The number of nitrogens with zero attached hydrogens (tertiary/aromatic N) is 4. The Balaban J connectivity index is 1.99. The predicted octanol–water partition coefficient (Wildman–Crippen LogP) is 2.94. The molecule has 0 fully saturated rings. The molecule has 4 aromatic rings. The molecule has 0 atom stereocenters. The maximum Gasteiger partial charge on any atom is 0.238 e. The van der Waals surface area contributed by atoms with Gasteiger partial charge in [-0.3, -0.25) is 4.40 Å². The highest BCUT2D eigenvalue weighted by Gasteiger charge is 2.07. The summed E-state index contributed by atoms with van der Waals surface area (Å²) in [4.78, 5) is 13.4. The zero-order valence-electron chi connectivity index (χ0n) is 10.1. The SMILES string of the molecule is c1ccc(-c2ncn3c(n2)nc2ccccc23)cc1. The van der Waals surface area contributed by atoms with E-state index in [-0.39, 0.29) is 0 Å². The number of rotatable bonds is 1. The number of fused-ring (bicyclic) bond motifs is 3. The Morgan fingerprint density at radius 1 is 0.789 bits per heavy atom. The van der Waals surface area contributed by atoms with Gasteiger partial charge in [-0.25, -0.2) is 9.97 Å². The van der Waals surface area contributed by atoms with Gasteiger partial charge in [-0.05, 0) is 12.1 Å². The van der Waals surface area contributed by atoms with Gasteiger partial charge in [-0.2, -0.15) is 4.98 Å². The molecular formula is C15H10N4. The molecule has 0 radical (unpaired) electrons. The number of hydrogen-bond acceptors (Lipinski definition) is 3. The highest BCUT2D eigenvalue weighted by Crippen LogP contribution is 2.18. The standard InChI is InChI=1S/C15H10N4/c1-2-6-11(7-3-1)14-16-10-19-13-9-5-4-8-12(13)17-15(19)18-14/h1-10H. The molecule has 4 nitrogen and oxygen atoms in total. The van der Waals surface area contributed by atoms with E-state index in [1.165, 1.54) is 0 Å². The van der Waals surface area contributed by atoms with E-state index >= 15 is 0 Å². The van der Waals surface area contributed by atoms with Gasteiger partial charge in [0, 0.05) is 5.56 Å². The van der Waals surface area contributed by atoms with Crippen LogP contribution in [0.15, 0.2) is 60.9 Å². The molecule has 0 spiro atoms. The van der Waals surface area contributed by atoms with Crippen LogP contribution >= 0.6 is 0 Å². The normalized spacial score (nSPS) is 11.2. The van der Waals surface area contributed by atoms with E-state index in [1.54, 1.807) is 6.33 Å². The van der Waals surface area contributed by atoms with E-state index < -0.39 is 0 Å². The lowest BCUT2D eigenvalue weighted by molar-refractivity contribution is 1.04. The number of imidazole rings is 1. The fraction of sp³-hybridized carbons (Fsp3) is 0.